The van der Waals surface area contributed by atoms with E-state index < -0.39 is 17.6 Å². The number of nitrogens with one attached hydrogen (secondary N) is 1. The zero-order valence-electron chi connectivity index (χ0n) is 17.3. The second kappa shape index (κ2) is 8.56. The molecule has 0 radical (unpaired) electrons. The van der Waals surface area contributed by atoms with Crippen LogP contribution in [0.15, 0.2) is 55.1 Å². The van der Waals surface area contributed by atoms with Crippen molar-refractivity contribution in [2.24, 2.45) is 0 Å². The molecule has 0 aliphatic carbocycles. The van der Waals surface area contributed by atoms with Crippen molar-refractivity contribution in [1.29, 1.82) is 0 Å². The predicted molar refractivity (Wildman–Crippen MR) is 118 cm³/mol. The number of rotatable bonds is 5. The summed E-state index contributed by atoms with van der Waals surface area (Å²) in [7, 11) is 0. The second-order valence-electron chi connectivity index (χ2n) is 7.77. The average Bonchev–Trinajstić information content (AvgIpc) is 3.53. The summed E-state index contributed by atoms with van der Waals surface area (Å²) in [6, 6.07) is 11.0. The smallest absolute Gasteiger partial charge is 0.323 e. The van der Waals surface area contributed by atoms with Crippen molar-refractivity contribution in [1.82, 2.24) is 24.6 Å². The Labute approximate surface area is 190 Å². The molecule has 0 saturated carbocycles. The number of halogens is 3. The molecule has 1 saturated heterocycles. The van der Waals surface area contributed by atoms with E-state index in [4.69, 9.17) is 4.98 Å². The van der Waals surface area contributed by atoms with Crippen LogP contribution in [0, 0.1) is 0 Å². The number of alkyl halides is 3. The second-order valence-corrected chi connectivity index (χ2v) is 8.83. The first-order valence-corrected chi connectivity index (χ1v) is 11.2. The lowest BCUT2D eigenvalue weighted by atomic mass is 10.1. The molecule has 1 aliphatic heterocycles. The highest BCUT2D eigenvalue weighted by atomic mass is 32.1. The molecule has 1 aliphatic rings. The van der Waals surface area contributed by atoms with Gasteiger partial charge in [-0.1, -0.05) is 12.1 Å². The quantitative estimate of drug-likeness (QED) is 0.457. The summed E-state index contributed by atoms with van der Waals surface area (Å²) in [5.41, 5.74) is 0.402. The van der Waals surface area contributed by atoms with E-state index in [9.17, 15) is 18.0 Å². The largest absolute Gasteiger partial charge is 0.416 e. The highest BCUT2D eigenvalue weighted by Gasteiger charge is 2.33. The zero-order chi connectivity index (χ0) is 23.0. The van der Waals surface area contributed by atoms with Crippen molar-refractivity contribution in [3.05, 3.63) is 65.7 Å². The van der Waals surface area contributed by atoms with Gasteiger partial charge in [0.1, 0.15) is 17.7 Å². The van der Waals surface area contributed by atoms with Crippen LogP contribution in [0.5, 0.6) is 0 Å². The SMILES string of the molecule is O=C(CN1CCCC1c1nc2ccccc2s1)Nc1cc(C(F)(F)F)ccc1-n1cncn1. The minimum absolute atomic E-state index is 0.00412. The third-order valence-corrected chi connectivity index (χ3v) is 6.71. The van der Waals surface area contributed by atoms with Gasteiger partial charge in [-0.15, -0.1) is 11.3 Å². The summed E-state index contributed by atoms with van der Waals surface area (Å²) in [6.07, 6.45) is -0.103. The first kappa shape index (κ1) is 21.5. The number of hydrogen-bond donors (Lipinski definition) is 1. The highest BCUT2D eigenvalue weighted by Crippen LogP contribution is 2.37. The Bertz CT molecular complexity index is 1250. The summed E-state index contributed by atoms with van der Waals surface area (Å²) >= 11 is 1.61. The van der Waals surface area contributed by atoms with Crippen molar-refractivity contribution in [2.75, 3.05) is 18.4 Å². The fraction of sp³-hybridized carbons (Fsp3) is 0.273. The molecule has 5 rings (SSSR count). The van der Waals surface area contributed by atoms with Gasteiger partial charge in [0, 0.05) is 0 Å². The number of nitrogens with zero attached hydrogens (tertiary/aromatic N) is 5. The third kappa shape index (κ3) is 4.46. The van der Waals surface area contributed by atoms with Gasteiger partial charge in [0.15, 0.2) is 0 Å². The lowest BCUT2D eigenvalue weighted by Crippen LogP contribution is -2.33. The predicted octanol–water partition coefficient (Wildman–Crippen LogP) is 4.67. The van der Waals surface area contributed by atoms with Crippen molar-refractivity contribution in [3.8, 4) is 5.69 Å². The van der Waals surface area contributed by atoms with Gasteiger partial charge in [0.05, 0.1) is 39.7 Å². The number of amides is 1. The molecular weight excluding hydrogens is 453 g/mol. The van der Waals surface area contributed by atoms with E-state index in [1.165, 1.54) is 23.4 Å². The molecule has 1 N–H and O–H groups in total. The van der Waals surface area contributed by atoms with Gasteiger partial charge in [0.25, 0.3) is 0 Å². The van der Waals surface area contributed by atoms with Crippen LogP contribution in [0.3, 0.4) is 0 Å². The molecule has 0 spiro atoms. The molecule has 11 heteroatoms. The number of hydrogen-bond acceptors (Lipinski definition) is 6. The number of aromatic nitrogens is 4. The molecular formula is C22H19F3N6OS. The molecule has 1 atom stereocenters. The number of likely N-dealkylation sites (tertiary alicyclic amines) is 1. The summed E-state index contributed by atoms with van der Waals surface area (Å²) in [5, 5.41) is 7.58. The molecule has 2 aromatic heterocycles. The first-order valence-electron chi connectivity index (χ1n) is 10.3. The topological polar surface area (TPSA) is 75.9 Å². The fourth-order valence-corrected chi connectivity index (χ4v) is 5.18. The Hall–Kier alpha value is -3.31. The van der Waals surface area contributed by atoms with E-state index in [1.807, 2.05) is 29.2 Å². The summed E-state index contributed by atoms with van der Waals surface area (Å²) in [5.74, 6) is -0.399. The van der Waals surface area contributed by atoms with E-state index in [-0.39, 0.29) is 18.3 Å². The first-order chi connectivity index (χ1) is 15.9. The third-order valence-electron chi connectivity index (χ3n) is 5.57. The van der Waals surface area contributed by atoms with Crippen LogP contribution >= 0.6 is 11.3 Å². The molecule has 1 unspecified atom stereocenters. The molecule has 1 fully saturated rings. The Morgan fingerprint density at radius 2 is 2.06 bits per heavy atom. The molecule has 0 bridgehead atoms. The van der Waals surface area contributed by atoms with E-state index in [1.54, 1.807) is 11.3 Å². The number of anilines is 1. The molecule has 7 nitrogen and oxygen atoms in total. The standard InChI is InChI=1S/C22H19F3N6OS/c23-22(24,25)14-7-8-17(31-13-26-12-27-31)16(10-14)28-20(32)11-30-9-3-5-18(30)21-29-15-4-1-2-6-19(15)33-21/h1-2,4,6-8,10,12-13,18H,3,5,9,11H2,(H,28,32). The fourth-order valence-electron chi connectivity index (χ4n) is 4.05. The highest BCUT2D eigenvalue weighted by molar-refractivity contribution is 7.18. The van der Waals surface area contributed by atoms with Gasteiger partial charge < -0.3 is 5.32 Å². The number of para-hydroxylation sites is 1. The van der Waals surface area contributed by atoms with Gasteiger partial charge in [-0.05, 0) is 49.7 Å². The average molecular weight is 472 g/mol. The molecule has 2 aromatic carbocycles. The molecule has 33 heavy (non-hydrogen) atoms. The van der Waals surface area contributed by atoms with E-state index in [2.05, 4.69) is 15.4 Å². The van der Waals surface area contributed by atoms with Gasteiger partial charge in [-0.25, -0.2) is 14.6 Å². The van der Waals surface area contributed by atoms with Crippen LogP contribution in [0.25, 0.3) is 15.9 Å². The van der Waals surface area contributed by atoms with Crippen molar-refractivity contribution in [3.63, 3.8) is 0 Å². The minimum Gasteiger partial charge on any atom is -0.323 e. The van der Waals surface area contributed by atoms with E-state index >= 15 is 0 Å². The number of carbonyl (C=O) groups is 1. The van der Waals surface area contributed by atoms with Crippen molar-refractivity contribution in [2.45, 2.75) is 25.1 Å². The van der Waals surface area contributed by atoms with Crippen LogP contribution in [-0.4, -0.2) is 43.6 Å². The molecule has 4 aromatic rings. The number of thiazole rings is 1. The Morgan fingerprint density at radius 1 is 1.21 bits per heavy atom. The summed E-state index contributed by atoms with van der Waals surface area (Å²) < 4.78 is 42.2. The molecule has 170 valence electrons. The van der Waals surface area contributed by atoms with Gasteiger partial charge in [0.2, 0.25) is 5.91 Å². The van der Waals surface area contributed by atoms with Crippen LogP contribution in [0.1, 0.15) is 29.5 Å². The number of fused-ring (bicyclic) bond motifs is 1. The zero-order valence-corrected chi connectivity index (χ0v) is 18.1. The maximum absolute atomic E-state index is 13.3. The van der Waals surface area contributed by atoms with Crippen LogP contribution in [-0.2, 0) is 11.0 Å². The van der Waals surface area contributed by atoms with E-state index in [0.29, 0.717) is 12.2 Å². The van der Waals surface area contributed by atoms with Gasteiger partial charge >= 0.3 is 6.18 Å². The van der Waals surface area contributed by atoms with Crippen molar-refractivity contribution >= 4 is 33.1 Å². The number of carbonyl (C=O) groups excluding carboxylic acids is 1. The number of benzene rings is 2. The van der Waals surface area contributed by atoms with Crippen LogP contribution in [0.4, 0.5) is 18.9 Å². The Balaban J connectivity index is 1.37. The molecule has 1 amide bonds. The van der Waals surface area contributed by atoms with E-state index in [0.717, 1.165) is 40.2 Å². The lowest BCUT2D eigenvalue weighted by molar-refractivity contribution is -0.137. The normalized spacial score (nSPS) is 17.0. The minimum atomic E-state index is -4.53. The van der Waals surface area contributed by atoms with Crippen LogP contribution in [0.2, 0.25) is 0 Å². The van der Waals surface area contributed by atoms with Crippen molar-refractivity contribution < 1.29 is 18.0 Å². The van der Waals surface area contributed by atoms with Gasteiger partial charge in [-0.3, -0.25) is 9.69 Å². The monoisotopic (exact) mass is 472 g/mol. The Morgan fingerprint density at radius 3 is 2.82 bits per heavy atom. The van der Waals surface area contributed by atoms with Crippen LogP contribution < -0.4 is 5.32 Å². The summed E-state index contributed by atoms with van der Waals surface area (Å²) in [6.45, 7) is 0.764. The van der Waals surface area contributed by atoms with Gasteiger partial charge in [-0.2, -0.15) is 18.3 Å². The Kier molecular flexibility index (Phi) is 5.59. The maximum Gasteiger partial charge on any atom is 0.416 e. The lowest BCUT2D eigenvalue weighted by Gasteiger charge is -2.22. The summed E-state index contributed by atoms with van der Waals surface area (Å²) in [4.78, 5) is 23.5. The molecule has 3 heterocycles. The maximum atomic E-state index is 13.3.